The van der Waals surface area contributed by atoms with Crippen LogP contribution in [0.5, 0.6) is 0 Å². The maximum Gasteiger partial charge on any atom is 0.243 e. The van der Waals surface area contributed by atoms with Crippen molar-refractivity contribution < 1.29 is 9.53 Å². The molecule has 0 bridgehead atoms. The number of piperidine rings is 1. The molecule has 1 aromatic rings. The van der Waals surface area contributed by atoms with Gasteiger partial charge in [-0.2, -0.15) is 0 Å². The van der Waals surface area contributed by atoms with E-state index in [1.807, 2.05) is 24.4 Å². The van der Waals surface area contributed by atoms with E-state index < -0.39 is 0 Å². The van der Waals surface area contributed by atoms with E-state index in [2.05, 4.69) is 9.88 Å². The van der Waals surface area contributed by atoms with Crippen LogP contribution >= 0.6 is 0 Å². The molecule has 0 atom stereocenters. The maximum absolute atomic E-state index is 12.5. The van der Waals surface area contributed by atoms with Gasteiger partial charge in [-0.25, -0.2) is 0 Å². The highest BCUT2D eigenvalue weighted by Gasteiger charge is 2.23. The first-order chi connectivity index (χ1) is 9.36. The Bertz CT molecular complexity index is 484. The zero-order valence-electron chi connectivity index (χ0n) is 11.1. The van der Waals surface area contributed by atoms with Crippen molar-refractivity contribution in [1.82, 2.24) is 9.88 Å². The lowest BCUT2D eigenvalue weighted by atomic mass is 10.1. The normalized spacial score (nSPS) is 20.7. The molecule has 3 rings (SSSR count). The number of nitrogens with one attached hydrogen (secondary N) is 1. The molecule has 0 unspecified atom stereocenters. The SMILES string of the molecule is O=C(C1=CCCCO1)c1cccn1C1CCNCC1. The standard InChI is InChI=1S/C15H20N2O2/c18-15(14-5-1-2-11-19-14)13-4-3-10-17(13)12-6-8-16-9-7-12/h3-5,10,12,16H,1-2,6-9,11H2. The summed E-state index contributed by atoms with van der Waals surface area (Å²) in [5.74, 6) is 0.559. The minimum absolute atomic E-state index is 0.0308. The minimum atomic E-state index is 0.0308. The van der Waals surface area contributed by atoms with Gasteiger partial charge in [-0.05, 0) is 57.0 Å². The first kappa shape index (κ1) is 12.5. The van der Waals surface area contributed by atoms with E-state index in [1.165, 1.54) is 0 Å². The van der Waals surface area contributed by atoms with Gasteiger partial charge < -0.3 is 14.6 Å². The van der Waals surface area contributed by atoms with E-state index in [9.17, 15) is 4.79 Å². The summed E-state index contributed by atoms with van der Waals surface area (Å²) in [5.41, 5.74) is 0.764. The van der Waals surface area contributed by atoms with Gasteiger partial charge in [0.1, 0.15) is 0 Å². The topological polar surface area (TPSA) is 43.3 Å². The van der Waals surface area contributed by atoms with Crippen molar-refractivity contribution in [3.8, 4) is 0 Å². The van der Waals surface area contributed by atoms with Crippen molar-refractivity contribution in [2.45, 2.75) is 31.7 Å². The Morgan fingerprint density at radius 3 is 2.95 bits per heavy atom. The second-order valence-electron chi connectivity index (χ2n) is 5.17. The molecule has 3 heterocycles. The summed E-state index contributed by atoms with van der Waals surface area (Å²) in [4.78, 5) is 12.5. The van der Waals surface area contributed by atoms with Crippen molar-refractivity contribution in [3.05, 3.63) is 35.9 Å². The van der Waals surface area contributed by atoms with Crippen LogP contribution in [0.2, 0.25) is 0 Å². The minimum Gasteiger partial charge on any atom is -0.490 e. The molecule has 0 aliphatic carbocycles. The number of ketones is 1. The van der Waals surface area contributed by atoms with Gasteiger partial charge in [0, 0.05) is 12.2 Å². The number of hydrogen-bond donors (Lipinski definition) is 1. The quantitative estimate of drug-likeness (QED) is 0.848. The highest BCUT2D eigenvalue weighted by molar-refractivity contribution is 6.06. The Morgan fingerprint density at radius 1 is 1.37 bits per heavy atom. The van der Waals surface area contributed by atoms with E-state index in [-0.39, 0.29) is 5.78 Å². The molecule has 1 aromatic heterocycles. The maximum atomic E-state index is 12.5. The summed E-state index contributed by atoms with van der Waals surface area (Å²) in [5, 5.41) is 3.35. The lowest BCUT2D eigenvalue weighted by molar-refractivity contribution is 0.0887. The van der Waals surface area contributed by atoms with Crippen LogP contribution in [0, 0.1) is 0 Å². The predicted octanol–water partition coefficient (Wildman–Crippen LogP) is 2.29. The van der Waals surface area contributed by atoms with Crippen molar-refractivity contribution in [1.29, 1.82) is 0 Å². The fourth-order valence-corrected chi connectivity index (χ4v) is 2.83. The summed E-state index contributed by atoms with van der Waals surface area (Å²) in [7, 11) is 0. The number of Topliss-reactive ketones (excluding diaryl/α,β-unsaturated/α-hetero) is 1. The lowest BCUT2D eigenvalue weighted by Gasteiger charge is -2.26. The van der Waals surface area contributed by atoms with Crippen LogP contribution in [0.4, 0.5) is 0 Å². The highest BCUT2D eigenvalue weighted by atomic mass is 16.5. The third-order valence-corrected chi connectivity index (χ3v) is 3.87. The van der Waals surface area contributed by atoms with Gasteiger partial charge >= 0.3 is 0 Å². The van der Waals surface area contributed by atoms with Crippen LogP contribution in [-0.2, 0) is 4.74 Å². The lowest BCUT2D eigenvalue weighted by Crippen LogP contribution is -2.30. The van der Waals surface area contributed by atoms with Gasteiger partial charge in [0.05, 0.1) is 12.3 Å². The second-order valence-corrected chi connectivity index (χ2v) is 5.17. The average Bonchev–Trinajstić information content (AvgIpc) is 2.98. The third-order valence-electron chi connectivity index (χ3n) is 3.87. The molecule has 4 heteroatoms. The third kappa shape index (κ3) is 2.59. The number of aromatic nitrogens is 1. The Balaban J connectivity index is 1.82. The molecule has 102 valence electrons. The van der Waals surface area contributed by atoms with Gasteiger partial charge in [-0.15, -0.1) is 0 Å². The monoisotopic (exact) mass is 260 g/mol. The van der Waals surface area contributed by atoms with E-state index in [1.54, 1.807) is 0 Å². The number of nitrogens with zero attached hydrogens (tertiary/aromatic N) is 1. The van der Waals surface area contributed by atoms with Crippen LogP contribution < -0.4 is 5.32 Å². The van der Waals surface area contributed by atoms with Gasteiger partial charge in [0.25, 0.3) is 0 Å². The molecule has 1 fully saturated rings. The van der Waals surface area contributed by atoms with Gasteiger partial charge in [-0.1, -0.05) is 0 Å². The molecule has 2 aliphatic heterocycles. The van der Waals surface area contributed by atoms with Gasteiger partial charge in [-0.3, -0.25) is 4.79 Å². The molecule has 2 aliphatic rings. The molecule has 0 aromatic carbocycles. The van der Waals surface area contributed by atoms with Crippen molar-refractivity contribution in [2.75, 3.05) is 19.7 Å². The average molecular weight is 260 g/mol. The highest BCUT2D eigenvalue weighted by Crippen LogP contribution is 2.24. The fourth-order valence-electron chi connectivity index (χ4n) is 2.83. The Labute approximate surface area is 113 Å². The first-order valence-corrected chi connectivity index (χ1v) is 7.11. The Morgan fingerprint density at radius 2 is 2.21 bits per heavy atom. The summed E-state index contributed by atoms with van der Waals surface area (Å²) >= 11 is 0. The molecule has 0 saturated carbocycles. The molecule has 4 nitrogen and oxygen atoms in total. The number of ether oxygens (including phenoxy) is 1. The zero-order valence-corrected chi connectivity index (χ0v) is 11.1. The van der Waals surface area contributed by atoms with E-state index >= 15 is 0 Å². The number of carbonyl (C=O) groups excluding carboxylic acids is 1. The van der Waals surface area contributed by atoms with E-state index in [0.717, 1.165) is 44.5 Å². The number of rotatable bonds is 3. The Hall–Kier alpha value is -1.55. The molecular formula is C15H20N2O2. The number of allylic oxidation sites excluding steroid dienone is 2. The molecular weight excluding hydrogens is 240 g/mol. The molecule has 0 amide bonds. The van der Waals surface area contributed by atoms with E-state index in [0.29, 0.717) is 18.4 Å². The smallest absolute Gasteiger partial charge is 0.243 e. The van der Waals surface area contributed by atoms with Crippen molar-refractivity contribution >= 4 is 5.78 Å². The van der Waals surface area contributed by atoms with Crippen molar-refractivity contribution in [2.24, 2.45) is 0 Å². The molecule has 1 N–H and O–H groups in total. The fraction of sp³-hybridized carbons (Fsp3) is 0.533. The second kappa shape index (κ2) is 5.61. The Kier molecular flexibility index (Phi) is 3.69. The number of hydrogen-bond acceptors (Lipinski definition) is 3. The summed E-state index contributed by atoms with van der Waals surface area (Å²) in [6.45, 7) is 2.71. The van der Waals surface area contributed by atoms with Gasteiger partial charge in [0.15, 0.2) is 5.76 Å². The van der Waals surface area contributed by atoms with Crippen molar-refractivity contribution in [3.63, 3.8) is 0 Å². The van der Waals surface area contributed by atoms with Crippen LogP contribution in [0.25, 0.3) is 0 Å². The van der Waals surface area contributed by atoms with Crippen LogP contribution in [0.15, 0.2) is 30.2 Å². The van der Waals surface area contributed by atoms with Crippen LogP contribution in [0.3, 0.4) is 0 Å². The van der Waals surface area contributed by atoms with E-state index in [4.69, 9.17) is 4.74 Å². The zero-order chi connectivity index (χ0) is 13.1. The molecule has 1 saturated heterocycles. The molecule has 0 spiro atoms. The summed E-state index contributed by atoms with van der Waals surface area (Å²) in [6, 6.07) is 4.29. The largest absolute Gasteiger partial charge is 0.490 e. The molecule has 19 heavy (non-hydrogen) atoms. The number of carbonyl (C=O) groups is 1. The summed E-state index contributed by atoms with van der Waals surface area (Å²) < 4.78 is 7.62. The van der Waals surface area contributed by atoms with Crippen LogP contribution in [0.1, 0.15) is 42.2 Å². The molecule has 0 radical (unpaired) electrons. The first-order valence-electron chi connectivity index (χ1n) is 7.11. The summed E-state index contributed by atoms with van der Waals surface area (Å²) in [6.07, 6.45) is 8.04. The van der Waals surface area contributed by atoms with Gasteiger partial charge in [0.2, 0.25) is 5.78 Å². The van der Waals surface area contributed by atoms with Crippen LogP contribution in [-0.4, -0.2) is 30.0 Å². The predicted molar refractivity (Wildman–Crippen MR) is 73.2 cm³/mol.